The molecular weight excluding hydrogens is 331 g/mol. The molecule has 0 saturated heterocycles. The number of hydrogen-bond donors (Lipinski definition) is 2. The van der Waals surface area contributed by atoms with Gasteiger partial charge in [-0.1, -0.05) is 24.3 Å². The van der Waals surface area contributed by atoms with Gasteiger partial charge < -0.3 is 4.57 Å². The molecule has 3 aromatic rings. The van der Waals surface area contributed by atoms with Crippen molar-refractivity contribution in [3.05, 3.63) is 65.9 Å². The third-order valence-corrected chi connectivity index (χ3v) is 3.87. The van der Waals surface area contributed by atoms with Crippen molar-refractivity contribution in [2.75, 3.05) is 5.43 Å². The molecule has 0 aliphatic heterocycles. The number of aryl methyl sites for hydroxylation is 1. The number of alkyl halides is 3. The van der Waals surface area contributed by atoms with Gasteiger partial charge >= 0.3 is 6.18 Å². The number of para-hydroxylation sites is 1. The molecule has 130 valence electrons. The number of fused-ring (bicyclic) bond motifs is 1. The average Bonchev–Trinajstić information content (AvgIpc) is 2.98. The normalized spacial score (nSPS) is 11.5. The van der Waals surface area contributed by atoms with Crippen LogP contribution in [0.25, 0.3) is 10.9 Å². The van der Waals surface area contributed by atoms with Crippen molar-refractivity contribution in [1.29, 1.82) is 0 Å². The van der Waals surface area contributed by atoms with E-state index in [0.717, 1.165) is 23.0 Å². The third kappa shape index (κ3) is 3.45. The highest BCUT2D eigenvalue weighted by Gasteiger charge is 2.30. The van der Waals surface area contributed by atoms with Crippen LogP contribution in [0.4, 0.5) is 18.9 Å². The quantitative estimate of drug-likeness (QED) is 0.686. The van der Waals surface area contributed by atoms with Gasteiger partial charge in [-0.2, -0.15) is 13.2 Å². The van der Waals surface area contributed by atoms with Crippen LogP contribution >= 0.6 is 0 Å². The van der Waals surface area contributed by atoms with Gasteiger partial charge in [0, 0.05) is 17.4 Å². The number of rotatable bonds is 4. The molecule has 1 heterocycles. The second kappa shape index (κ2) is 6.51. The van der Waals surface area contributed by atoms with E-state index in [4.69, 9.17) is 0 Å². The topological polar surface area (TPSA) is 46.1 Å². The molecule has 2 aromatic carbocycles. The summed E-state index contributed by atoms with van der Waals surface area (Å²) in [5, 5.41) is 0.925. The summed E-state index contributed by atoms with van der Waals surface area (Å²) >= 11 is 0. The van der Waals surface area contributed by atoms with Crippen LogP contribution in [0.1, 0.15) is 23.0 Å². The SMILES string of the molecule is CCn1c(C(=O)NNc2cccc(C(F)(F)F)c2)cc2ccccc21. The van der Waals surface area contributed by atoms with Gasteiger partial charge in [0.2, 0.25) is 0 Å². The number of benzene rings is 2. The molecule has 7 heteroatoms. The largest absolute Gasteiger partial charge is 0.416 e. The number of aromatic nitrogens is 1. The van der Waals surface area contributed by atoms with E-state index in [-0.39, 0.29) is 5.69 Å². The lowest BCUT2D eigenvalue weighted by atomic mass is 10.2. The zero-order chi connectivity index (χ0) is 18.0. The highest BCUT2D eigenvalue weighted by molar-refractivity contribution is 5.99. The molecule has 0 fully saturated rings. The molecule has 0 aliphatic carbocycles. The van der Waals surface area contributed by atoms with Crippen molar-refractivity contribution in [2.24, 2.45) is 0 Å². The van der Waals surface area contributed by atoms with Crippen LogP contribution < -0.4 is 10.9 Å². The first-order valence-corrected chi connectivity index (χ1v) is 7.72. The van der Waals surface area contributed by atoms with Crippen molar-refractivity contribution in [1.82, 2.24) is 9.99 Å². The van der Waals surface area contributed by atoms with E-state index >= 15 is 0 Å². The average molecular weight is 347 g/mol. The van der Waals surface area contributed by atoms with E-state index in [0.29, 0.717) is 12.2 Å². The molecule has 3 rings (SSSR count). The van der Waals surface area contributed by atoms with Crippen molar-refractivity contribution in [3.63, 3.8) is 0 Å². The fourth-order valence-corrected chi connectivity index (χ4v) is 2.71. The van der Waals surface area contributed by atoms with E-state index in [1.54, 1.807) is 6.07 Å². The Balaban J connectivity index is 1.80. The molecular formula is C18H16F3N3O. The van der Waals surface area contributed by atoms with Crippen molar-refractivity contribution < 1.29 is 18.0 Å². The maximum Gasteiger partial charge on any atom is 0.416 e. The van der Waals surface area contributed by atoms with E-state index in [9.17, 15) is 18.0 Å². The fraction of sp³-hybridized carbons (Fsp3) is 0.167. The highest BCUT2D eigenvalue weighted by atomic mass is 19.4. The van der Waals surface area contributed by atoms with Crippen molar-refractivity contribution in [3.8, 4) is 0 Å². The molecule has 4 nitrogen and oxygen atoms in total. The van der Waals surface area contributed by atoms with Crippen molar-refractivity contribution in [2.45, 2.75) is 19.6 Å². The van der Waals surface area contributed by atoms with E-state index in [2.05, 4.69) is 10.9 Å². The smallest absolute Gasteiger partial charge is 0.337 e. The lowest BCUT2D eigenvalue weighted by molar-refractivity contribution is -0.137. The van der Waals surface area contributed by atoms with Gasteiger partial charge in [-0.3, -0.25) is 15.6 Å². The van der Waals surface area contributed by atoms with Gasteiger partial charge in [0.15, 0.2) is 0 Å². The van der Waals surface area contributed by atoms with Gasteiger partial charge in [-0.25, -0.2) is 0 Å². The summed E-state index contributed by atoms with van der Waals surface area (Å²) in [5.74, 6) is -0.421. The number of nitrogens with one attached hydrogen (secondary N) is 2. The minimum Gasteiger partial charge on any atom is -0.337 e. The number of anilines is 1. The van der Waals surface area contributed by atoms with Crippen LogP contribution in [0.3, 0.4) is 0 Å². The number of hydrogen-bond acceptors (Lipinski definition) is 2. The highest BCUT2D eigenvalue weighted by Crippen LogP contribution is 2.30. The molecule has 2 N–H and O–H groups in total. The van der Waals surface area contributed by atoms with Gasteiger partial charge in [-0.05, 0) is 37.3 Å². The minimum absolute atomic E-state index is 0.155. The Bertz CT molecular complexity index is 915. The van der Waals surface area contributed by atoms with E-state index < -0.39 is 17.6 Å². The zero-order valence-electron chi connectivity index (χ0n) is 13.4. The second-order valence-corrected chi connectivity index (χ2v) is 5.49. The van der Waals surface area contributed by atoms with Crippen molar-refractivity contribution >= 4 is 22.5 Å². The molecule has 0 radical (unpaired) electrons. The van der Waals surface area contributed by atoms with Gasteiger partial charge in [0.05, 0.1) is 11.3 Å². The molecule has 0 spiro atoms. The Morgan fingerprint density at radius 1 is 1.08 bits per heavy atom. The monoisotopic (exact) mass is 347 g/mol. The maximum absolute atomic E-state index is 12.7. The Morgan fingerprint density at radius 3 is 2.56 bits per heavy atom. The molecule has 1 aromatic heterocycles. The first-order valence-electron chi connectivity index (χ1n) is 7.72. The molecule has 0 aliphatic rings. The summed E-state index contributed by atoms with van der Waals surface area (Å²) in [6, 6.07) is 14.0. The number of carbonyl (C=O) groups is 1. The standard InChI is InChI=1S/C18H16F3N3O/c1-2-24-15-9-4-3-6-12(15)10-16(24)17(25)23-22-14-8-5-7-13(11-14)18(19,20)21/h3-11,22H,2H2,1H3,(H,23,25). The molecule has 1 amide bonds. The molecule has 0 atom stereocenters. The number of amides is 1. The first-order chi connectivity index (χ1) is 11.9. The summed E-state index contributed by atoms with van der Waals surface area (Å²) < 4.78 is 40.0. The number of hydrazine groups is 1. The maximum atomic E-state index is 12.7. The van der Waals surface area contributed by atoms with Crippen LogP contribution in [0.2, 0.25) is 0 Å². The Kier molecular flexibility index (Phi) is 4.39. The molecule has 0 saturated carbocycles. The van der Waals surface area contributed by atoms with E-state index in [1.165, 1.54) is 12.1 Å². The van der Waals surface area contributed by atoms with Gasteiger partial charge in [0.1, 0.15) is 5.69 Å². The summed E-state index contributed by atoms with van der Waals surface area (Å²) in [7, 11) is 0. The van der Waals surface area contributed by atoms with Gasteiger partial charge in [-0.15, -0.1) is 0 Å². The Labute approximate surface area is 142 Å². The Hall–Kier alpha value is -2.96. The lowest BCUT2D eigenvalue weighted by Crippen LogP contribution is -2.31. The second-order valence-electron chi connectivity index (χ2n) is 5.49. The van der Waals surface area contributed by atoms with Crippen LogP contribution in [-0.2, 0) is 12.7 Å². The molecule has 25 heavy (non-hydrogen) atoms. The summed E-state index contributed by atoms with van der Waals surface area (Å²) in [5.41, 5.74) is 5.72. The predicted octanol–water partition coefficient (Wildman–Crippen LogP) is 4.44. The van der Waals surface area contributed by atoms with Crippen LogP contribution in [0.5, 0.6) is 0 Å². The zero-order valence-corrected chi connectivity index (χ0v) is 13.4. The van der Waals surface area contributed by atoms with Crippen LogP contribution in [0, 0.1) is 0 Å². The minimum atomic E-state index is -4.43. The number of nitrogens with zero attached hydrogens (tertiary/aromatic N) is 1. The summed E-state index contributed by atoms with van der Waals surface area (Å²) in [4.78, 5) is 12.4. The third-order valence-electron chi connectivity index (χ3n) is 3.87. The Morgan fingerprint density at radius 2 is 1.84 bits per heavy atom. The van der Waals surface area contributed by atoms with Crippen LogP contribution in [0.15, 0.2) is 54.6 Å². The molecule has 0 bridgehead atoms. The van der Waals surface area contributed by atoms with E-state index in [1.807, 2.05) is 35.8 Å². The summed E-state index contributed by atoms with van der Waals surface area (Å²) in [6.45, 7) is 2.52. The number of halogens is 3. The predicted molar refractivity (Wildman–Crippen MR) is 90.1 cm³/mol. The van der Waals surface area contributed by atoms with Crippen LogP contribution in [-0.4, -0.2) is 10.5 Å². The summed E-state index contributed by atoms with van der Waals surface area (Å²) in [6.07, 6.45) is -4.43. The molecule has 0 unspecified atom stereocenters. The van der Waals surface area contributed by atoms with Gasteiger partial charge in [0.25, 0.3) is 5.91 Å². The first kappa shape index (κ1) is 16.9. The number of carbonyl (C=O) groups excluding carboxylic acids is 1. The fourth-order valence-electron chi connectivity index (χ4n) is 2.71. The lowest BCUT2D eigenvalue weighted by Gasteiger charge is -2.12.